The third-order valence-electron chi connectivity index (χ3n) is 6.37. The molecule has 1 aromatic heterocycles. The lowest BCUT2D eigenvalue weighted by atomic mass is 10.0. The molecule has 0 unspecified atom stereocenters. The van der Waals surface area contributed by atoms with Crippen molar-refractivity contribution in [3.05, 3.63) is 60.3 Å². The fraction of sp³-hybridized carbons (Fsp3) is 0.370. The van der Waals surface area contributed by atoms with Gasteiger partial charge >= 0.3 is 0 Å². The van der Waals surface area contributed by atoms with E-state index >= 15 is 0 Å². The first kappa shape index (κ1) is 23.1. The number of morpholine rings is 1. The number of hydrogen-bond acceptors (Lipinski definition) is 8. The highest BCUT2D eigenvalue weighted by atomic mass is 16.5. The molecule has 5 rings (SSSR count). The normalized spacial score (nSPS) is 16.5. The lowest BCUT2D eigenvalue weighted by Crippen LogP contribution is -2.36. The molecule has 8 heteroatoms. The van der Waals surface area contributed by atoms with Gasteiger partial charge in [-0.2, -0.15) is 5.26 Å². The zero-order valence-electron chi connectivity index (χ0n) is 19.7. The van der Waals surface area contributed by atoms with E-state index in [1.54, 1.807) is 6.20 Å². The lowest BCUT2D eigenvalue weighted by Gasteiger charge is -2.28. The van der Waals surface area contributed by atoms with Crippen molar-refractivity contribution in [1.29, 1.82) is 5.26 Å². The van der Waals surface area contributed by atoms with Crippen LogP contribution < -0.4 is 15.0 Å². The Balaban J connectivity index is 1.26. The number of nitrogens with one attached hydrogen (secondary N) is 1. The molecule has 8 nitrogen and oxygen atoms in total. The van der Waals surface area contributed by atoms with Crippen molar-refractivity contribution in [2.24, 2.45) is 5.92 Å². The Morgan fingerprint density at radius 2 is 1.77 bits per heavy atom. The first-order chi connectivity index (χ1) is 17.3. The predicted octanol–water partition coefficient (Wildman–Crippen LogP) is 4.40. The molecule has 0 radical (unpaired) electrons. The van der Waals surface area contributed by atoms with Gasteiger partial charge in [-0.25, -0.2) is 9.97 Å². The van der Waals surface area contributed by atoms with Crippen LogP contribution in [0, 0.1) is 17.2 Å². The van der Waals surface area contributed by atoms with E-state index in [1.165, 1.54) is 5.69 Å². The van der Waals surface area contributed by atoms with Crippen LogP contribution in [0.15, 0.2) is 54.7 Å². The van der Waals surface area contributed by atoms with Crippen LogP contribution in [0.4, 0.5) is 17.3 Å². The maximum absolute atomic E-state index is 9.69. The number of nitrogens with zero attached hydrogens (tertiary/aromatic N) is 4. The van der Waals surface area contributed by atoms with Gasteiger partial charge in [-0.05, 0) is 67.3 Å². The third-order valence-corrected chi connectivity index (χ3v) is 6.37. The number of hydrogen-bond donors (Lipinski definition) is 1. The van der Waals surface area contributed by atoms with E-state index in [1.807, 2.05) is 36.4 Å². The Morgan fingerprint density at radius 1 is 1.00 bits per heavy atom. The van der Waals surface area contributed by atoms with Gasteiger partial charge in [0.05, 0.1) is 31.1 Å². The smallest absolute Gasteiger partial charge is 0.227 e. The fourth-order valence-electron chi connectivity index (χ4n) is 4.31. The van der Waals surface area contributed by atoms with Gasteiger partial charge in [0.2, 0.25) is 5.95 Å². The molecule has 0 atom stereocenters. The number of nitriles is 1. The van der Waals surface area contributed by atoms with E-state index in [0.29, 0.717) is 29.8 Å². The highest BCUT2D eigenvalue weighted by molar-refractivity contribution is 5.66. The van der Waals surface area contributed by atoms with Gasteiger partial charge in [0, 0.05) is 49.4 Å². The summed E-state index contributed by atoms with van der Waals surface area (Å²) >= 11 is 0. The summed E-state index contributed by atoms with van der Waals surface area (Å²) in [5.74, 6) is 1.57. The molecular weight excluding hydrogens is 442 g/mol. The summed E-state index contributed by atoms with van der Waals surface area (Å²) in [7, 11) is 0. The zero-order chi connectivity index (χ0) is 23.9. The molecule has 0 spiro atoms. The van der Waals surface area contributed by atoms with Gasteiger partial charge in [0.15, 0.2) is 0 Å². The van der Waals surface area contributed by atoms with E-state index in [9.17, 15) is 5.26 Å². The van der Waals surface area contributed by atoms with Crippen LogP contribution in [0.5, 0.6) is 5.75 Å². The SMILES string of the molecule is N#Cc1cc(-c2ccnc(Nc3ccc(N4CCOCC4)cc3)n2)ccc1OCC1CCOCC1. The molecule has 0 bridgehead atoms. The average molecular weight is 472 g/mol. The monoisotopic (exact) mass is 471 g/mol. The Morgan fingerprint density at radius 3 is 2.54 bits per heavy atom. The van der Waals surface area contributed by atoms with E-state index in [2.05, 4.69) is 38.4 Å². The molecule has 35 heavy (non-hydrogen) atoms. The molecule has 2 aromatic carbocycles. The summed E-state index contributed by atoms with van der Waals surface area (Å²) in [6.45, 7) is 5.49. The molecule has 0 aliphatic carbocycles. The molecule has 0 saturated carbocycles. The van der Waals surface area contributed by atoms with Crippen LogP contribution in [0.3, 0.4) is 0 Å². The molecule has 2 fully saturated rings. The van der Waals surface area contributed by atoms with Crippen LogP contribution in [-0.2, 0) is 9.47 Å². The first-order valence-corrected chi connectivity index (χ1v) is 12.1. The molecule has 0 amide bonds. The second-order valence-corrected chi connectivity index (χ2v) is 8.73. The van der Waals surface area contributed by atoms with Gasteiger partial charge in [-0.3, -0.25) is 0 Å². The summed E-state index contributed by atoms with van der Waals surface area (Å²) in [6, 6.07) is 17.9. The zero-order valence-corrected chi connectivity index (χ0v) is 19.7. The molecule has 3 aromatic rings. The third kappa shape index (κ3) is 5.88. The summed E-state index contributed by atoms with van der Waals surface area (Å²) in [5.41, 5.74) is 4.17. The van der Waals surface area contributed by atoms with Crippen molar-refractivity contribution in [2.75, 3.05) is 56.3 Å². The summed E-state index contributed by atoms with van der Waals surface area (Å²) in [4.78, 5) is 11.3. The predicted molar refractivity (Wildman–Crippen MR) is 134 cm³/mol. The minimum absolute atomic E-state index is 0.466. The van der Waals surface area contributed by atoms with Crippen LogP contribution in [-0.4, -0.2) is 56.1 Å². The van der Waals surface area contributed by atoms with Crippen molar-refractivity contribution in [3.63, 3.8) is 0 Å². The topological polar surface area (TPSA) is 92.5 Å². The Kier molecular flexibility index (Phi) is 7.37. The van der Waals surface area contributed by atoms with Crippen molar-refractivity contribution in [3.8, 4) is 23.1 Å². The van der Waals surface area contributed by atoms with Crippen LogP contribution in [0.2, 0.25) is 0 Å². The molecule has 1 N–H and O–H groups in total. The minimum Gasteiger partial charge on any atom is -0.492 e. The summed E-state index contributed by atoms with van der Waals surface area (Å²) in [5, 5.41) is 13.0. The maximum Gasteiger partial charge on any atom is 0.227 e. The Hall–Kier alpha value is -3.67. The standard InChI is InChI=1S/C27H29N5O3/c28-18-22-17-21(1-6-26(22)35-19-20-8-13-33-14-9-20)25-7-10-29-27(31-25)30-23-2-4-24(5-3-23)32-11-15-34-16-12-32/h1-7,10,17,20H,8-9,11-16,19H2,(H,29,30,31). The number of benzene rings is 2. The quantitative estimate of drug-likeness (QED) is 0.542. The summed E-state index contributed by atoms with van der Waals surface area (Å²) < 4.78 is 16.8. The van der Waals surface area contributed by atoms with Crippen molar-refractivity contribution in [1.82, 2.24) is 9.97 Å². The highest BCUT2D eigenvalue weighted by Gasteiger charge is 2.16. The van der Waals surface area contributed by atoms with Gasteiger partial charge in [-0.15, -0.1) is 0 Å². The minimum atomic E-state index is 0.466. The van der Waals surface area contributed by atoms with Gasteiger partial charge in [0.25, 0.3) is 0 Å². The van der Waals surface area contributed by atoms with Crippen molar-refractivity contribution in [2.45, 2.75) is 12.8 Å². The van der Waals surface area contributed by atoms with Crippen molar-refractivity contribution >= 4 is 17.3 Å². The van der Waals surface area contributed by atoms with Gasteiger partial charge in [-0.1, -0.05) is 0 Å². The second kappa shape index (κ2) is 11.2. The molecular formula is C27H29N5O3. The number of anilines is 3. The highest BCUT2D eigenvalue weighted by Crippen LogP contribution is 2.28. The van der Waals surface area contributed by atoms with Crippen LogP contribution in [0.1, 0.15) is 18.4 Å². The maximum atomic E-state index is 9.69. The molecule has 2 saturated heterocycles. The van der Waals surface area contributed by atoms with Crippen LogP contribution in [0.25, 0.3) is 11.3 Å². The van der Waals surface area contributed by atoms with Gasteiger partial charge in [0.1, 0.15) is 11.8 Å². The Bertz CT molecular complexity index is 1170. The van der Waals surface area contributed by atoms with E-state index in [-0.39, 0.29) is 0 Å². The van der Waals surface area contributed by atoms with E-state index in [4.69, 9.17) is 14.2 Å². The van der Waals surface area contributed by atoms with Crippen LogP contribution >= 0.6 is 0 Å². The number of rotatable bonds is 7. The average Bonchev–Trinajstić information content (AvgIpc) is 2.93. The fourth-order valence-corrected chi connectivity index (χ4v) is 4.31. The first-order valence-electron chi connectivity index (χ1n) is 12.1. The molecule has 3 heterocycles. The van der Waals surface area contributed by atoms with E-state index < -0.39 is 0 Å². The molecule has 180 valence electrons. The summed E-state index contributed by atoms with van der Waals surface area (Å²) in [6.07, 6.45) is 3.70. The molecule has 2 aliphatic rings. The lowest BCUT2D eigenvalue weighted by molar-refractivity contribution is 0.0497. The second-order valence-electron chi connectivity index (χ2n) is 8.73. The van der Waals surface area contributed by atoms with Crippen molar-refractivity contribution < 1.29 is 14.2 Å². The molecule has 2 aliphatic heterocycles. The number of aromatic nitrogens is 2. The van der Waals surface area contributed by atoms with Gasteiger partial charge < -0.3 is 24.4 Å². The van der Waals surface area contributed by atoms with E-state index in [0.717, 1.165) is 69.3 Å². The largest absolute Gasteiger partial charge is 0.492 e. The number of ether oxygens (including phenoxy) is 3. The Labute approximate surface area is 205 Å².